The highest BCUT2D eigenvalue weighted by Gasteiger charge is 2.31. The van der Waals surface area contributed by atoms with Crippen molar-refractivity contribution in [2.75, 3.05) is 36.4 Å². The molecule has 11 heteroatoms. The van der Waals surface area contributed by atoms with Crippen LogP contribution in [0.15, 0.2) is 42.7 Å². The minimum Gasteiger partial charge on any atom is -0.444 e. The van der Waals surface area contributed by atoms with Crippen LogP contribution in [0.5, 0.6) is 0 Å². The van der Waals surface area contributed by atoms with Gasteiger partial charge >= 0.3 is 6.09 Å². The van der Waals surface area contributed by atoms with E-state index in [2.05, 4.69) is 25.5 Å². The highest BCUT2D eigenvalue weighted by atomic mass is 35.5. The summed E-state index contributed by atoms with van der Waals surface area (Å²) in [5.41, 5.74) is 2.46. The van der Waals surface area contributed by atoms with Gasteiger partial charge in [0.25, 0.3) is 0 Å². The van der Waals surface area contributed by atoms with Crippen molar-refractivity contribution in [2.45, 2.75) is 45.8 Å². The molecule has 2 aromatic heterocycles. The van der Waals surface area contributed by atoms with Crippen LogP contribution >= 0.6 is 11.6 Å². The van der Waals surface area contributed by atoms with E-state index in [1.165, 1.54) is 6.92 Å². The molecule has 1 saturated heterocycles. The van der Waals surface area contributed by atoms with Gasteiger partial charge in [0, 0.05) is 56.9 Å². The molecule has 202 valence electrons. The number of H-pyrrole nitrogens is 1. The number of aromatic nitrogens is 2. The van der Waals surface area contributed by atoms with Gasteiger partial charge in [-0.1, -0.05) is 23.7 Å². The van der Waals surface area contributed by atoms with Gasteiger partial charge in [0.2, 0.25) is 11.8 Å². The molecule has 3 N–H and O–H groups in total. The van der Waals surface area contributed by atoms with Crippen molar-refractivity contribution in [3.8, 4) is 0 Å². The van der Waals surface area contributed by atoms with Crippen LogP contribution in [-0.4, -0.2) is 70.6 Å². The van der Waals surface area contributed by atoms with E-state index < -0.39 is 17.7 Å². The second kappa shape index (κ2) is 11.3. The Morgan fingerprint density at radius 2 is 1.79 bits per heavy atom. The third-order valence-corrected chi connectivity index (χ3v) is 6.39. The topological polar surface area (TPSA) is 120 Å². The molecule has 3 heterocycles. The number of fused-ring (bicyclic) bond motifs is 1. The van der Waals surface area contributed by atoms with Crippen molar-refractivity contribution in [2.24, 2.45) is 0 Å². The summed E-state index contributed by atoms with van der Waals surface area (Å²) >= 11 is 6.02. The molecular formula is C27H33ClN6O4. The number of benzene rings is 1. The second-order valence-corrected chi connectivity index (χ2v) is 10.7. The Labute approximate surface area is 226 Å². The van der Waals surface area contributed by atoms with Crippen LogP contribution in [0, 0.1) is 0 Å². The first-order chi connectivity index (χ1) is 18.0. The number of amides is 3. The molecule has 38 heavy (non-hydrogen) atoms. The maximum absolute atomic E-state index is 13.6. The fourth-order valence-electron chi connectivity index (χ4n) is 4.49. The van der Waals surface area contributed by atoms with Gasteiger partial charge in [-0.15, -0.1) is 0 Å². The van der Waals surface area contributed by atoms with E-state index in [-0.39, 0.29) is 11.8 Å². The maximum Gasteiger partial charge on any atom is 0.408 e. The number of ether oxygens (including phenoxy) is 1. The van der Waals surface area contributed by atoms with Crippen LogP contribution in [0.25, 0.3) is 11.0 Å². The van der Waals surface area contributed by atoms with Gasteiger partial charge in [0.15, 0.2) is 0 Å². The fraction of sp³-hybridized carbons (Fsp3) is 0.407. The first-order valence-electron chi connectivity index (χ1n) is 12.5. The number of nitrogens with zero attached hydrogens (tertiary/aromatic N) is 3. The summed E-state index contributed by atoms with van der Waals surface area (Å²) in [7, 11) is 0. The van der Waals surface area contributed by atoms with Gasteiger partial charge in [-0.25, -0.2) is 9.78 Å². The molecule has 1 aliphatic heterocycles. The molecule has 3 aromatic rings. The quantitative estimate of drug-likeness (QED) is 0.435. The van der Waals surface area contributed by atoms with Gasteiger partial charge in [-0.05, 0) is 44.5 Å². The molecule has 1 aliphatic rings. The number of pyridine rings is 1. The van der Waals surface area contributed by atoms with E-state index >= 15 is 0 Å². The number of aromatic amines is 1. The lowest BCUT2D eigenvalue weighted by molar-refractivity contribution is -0.133. The first kappa shape index (κ1) is 27.3. The highest BCUT2D eigenvalue weighted by Crippen LogP contribution is 2.32. The van der Waals surface area contributed by atoms with Gasteiger partial charge in [0.05, 0.1) is 16.8 Å². The molecule has 0 aliphatic carbocycles. The predicted molar refractivity (Wildman–Crippen MR) is 148 cm³/mol. The predicted octanol–water partition coefficient (Wildman–Crippen LogP) is 3.96. The molecule has 4 rings (SSSR count). The zero-order valence-corrected chi connectivity index (χ0v) is 22.8. The van der Waals surface area contributed by atoms with Crippen LogP contribution in [0.4, 0.5) is 16.2 Å². The van der Waals surface area contributed by atoms with Crippen LogP contribution < -0.4 is 15.5 Å². The number of piperazine rings is 1. The Bertz CT molecular complexity index is 1310. The van der Waals surface area contributed by atoms with E-state index in [4.69, 9.17) is 16.3 Å². The minimum atomic E-state index is -0.791. The Balaban J connectivity index is 1.48. The molecule has 1 fully saturated rings. The third kappa shape index (κ3) is 6.74. The largest absolute Gasteiger partial charge is 0.444 e. The van der Waals surface area contributed by atoms with E-state index in [0.717, 1.165) is 16.6 Å². The number of anilines is 2. The average molecular weight is 541 g/mol. The van der Waals surface area contributed by atoms with Crippen LogP contribution in [-0.2, 0) is 20.7 Å². The van der Waals surface area contributed by atoms with E-state index in [1.54, 1.807) is 50.2 Å². The molecule has 0 saturated carbocycles. The number of rotatable bonds is 6. The summed E-state index contributed by atoms with van der Waals surface area (Å²) in [6.07, 6.45) is 3.12. The van der Waals surface area contributed by atoms with Gasteiger partial charge < -0.3 is 30.2 Å². The number of hydrogen-bond donors (Lipinski definition) is 3. The zero-order chi connectivity index (χ0) is 27.4. The fourth-order valence-corrected chi connectivity index (χ4v) is 4.61. The molecule has 1 unspecified atom stereocenters. The van der Waals surface area contributed by atoms with Crippen LogP contribution in [0.2, 0.25) is 5.02 Å². The Hall–Kier alpha value is -3.79. The molecule has 1 atom stereocenters. The SMILES string of the molecule is CC(=O)Nc1c[nH]c2nccc(N3CCN(C(=O)C(Cc4ccc(Cl)cc4)NC(=O)OC(C)(C)C)CC3)c12. The average Bonchev–Trinajstić information content (AvgIpc) is 3.26. The minimum absolute atomic E-state index is 0.166. The molecule has 0 spiro atoms. The molecule has 0 radical (unpaired) electrons. The molecular weight excluding hydrogens is 508 g/mol. The summed E-state index contributed by atoms with van der Waals surface area (Å²) in [4.78, 5) is 49.3. The smallest absolute Gasteiger partial charge is 0.408 e. The normalized spacial score (nSPS) is 14.8. The number of nitrogens with one attached hydrogen (secondary N) is 3. The number of alkyl carbamates (subject to hydrolysis) is 1. The maximum atomic E-state index is 13.6. The van der Waals surface area contributed by atoms with Crippen molar-refractivity contribution < 1.29 is 19.1 Å². The molecule has 3 amide bonds. The number of carbonyl (C=O) groups excluding carboxylic acids is 3. The lowest BCUT2D eigenvalue weighted by Gasteiger charge is -2.38. The first-order valence-corrected chi connectivity index (χ1v) is 12.9. The Morgan fingerprint density at radius 1 is 1.11 bits per heavy atom. The van der Waals surface area contributed by atoms with Crippen molar-refractivity contribution in [3.05, 3.63) is 53.3 Å². The summed E-state index contributed by atoms with van der Waals surface area (Å²) in [6, 6.07) is 8.32. The van der Waals surface area contributed by atoms with Gasteiger partial charge in [-0.3, -0.25) is 9.59 Å². The number of carbonyl (C=O) groups is 3. The van der Waals surface area contributed by atoms with Gasteiger partial charge in [-0.2, -0.15) is 0 Å². The Morgan fingerprint density at radius 3 is 2.42 bits per heavy atom. The summed E-state index contributed by atoms with van der Waals surface area (Å²) < 4.78 is 5.42. The van der Waals surface area contributed by atoms with Crippen LogP contribution in [0.3, 0.4) is 0 Å². The van der Waals surface area contributed by atoms with Crippen molar-refractivity contribution in [3.63, 3.8) is 0 Å². The summed E-state index contributed by atoms with van der Waals surface area (Å²) in [6.45, 7) is 8.89. The second-order valence-electron chi connectivity index (χ2n) is 10.3. The monoisotopic (exact) mass is 540 g/mol. The lowest BCUT2D eigenvalue weighted by atomic mass is 10.0. The van der Waals surface area contributed by atoms with Crippen molar-refractivity contribution >= 4 is 51.9 Å². The number of halogens is 1. The highest BCUT2D eigenvalue weighted by molar-refractivity contribution is 6.30. The molecule has 10 nitrogen and oxygen atoms in total. The van der Waals surface area contributed by atoms with Crippen LogP contribution in [0.1, 0.15) is 33.3 Å². The van der Waals surface area contributed by atoms with Crippen molar-refractivity contribution in [1.29, 1.82) is 0 Å². The zero-order valence-electron chi connectivity index (χ0n) is 22.0. The standard InChI is InChI=1S/C27H33ClN6O4/c1-17(35)31-21-16-30-24-23(21)22(9-10-29-24)33-11-13-34(14-12-33)25(36)20(32-26(37)38-27(2,3)4)15-18-5-7-19(28)8-6-18/h5-10,16,20H,11-15H2,1-4H3,(H,29,30)(H,31,35)(H,32,37). The lowest BCUT2D eigenvalue weighted by Crippen LogP contribution is -2.56. The Kier molecular flexibility index (Phi) is 8.11. The van der Waals surface area contributed by atoms with Crippen molar-refractivity contribution in [1.82, 2.24) is 20.2 Å². The number of hydrogen-bond acceptors (Lipinski definition) is 6. The summed E-state index contributed by atoms with van der Waals surface area (Å²) in [5.74, 6) is -0.341. The molecule has 1 aromatic carbocycles. The molecule has 0 bridgehead atoms. The van der Waals surface area contributed by atoms with Gasteiger partial charge in [0.1, 0.15) is 17.3 Å². The third-order valence-electron chi connectivity index (χ3n) is 6.14. The van der Waals surface area contributed by atoms with E-state index in [1.807, 2.05) is 18.2 Å². The van der Waals surface area contributed by atoms with E-state index in [0.29, 0.717) is 49.0 Å². The summed E-state index contributed by atoms with van der Waals surface area (Å²) in [5, 5.41) is 7.05. The van der Waals surface area contributed by atoms with E-state index in [9.17, 15) is 14.4 Å².